The number of aliphatic hydroxyl groups is 1. The van der Waals surface area contributed by atoms with Crippen molar-refractivity contribution in [3.8, 4) is 0 Å². The van der Waals surface area contributed by atoms with E-state index in [1.165, 1.54) is 6.07 Å². The van der Waals surface area contributed by atoms with Gasteiger partial charge in [-0.2, -0.15) is 0 Å². The van der Waals surface area contributed by atoms with Crippen molar-refractivity contribution in [2.75, 3.05) is 20.1 Å². The molecule has 1 fully saturated rings. The van der Waals surface area contributed by atoms with E-state index in [4.69, 9.17) is 0 Å². The minimum atomic E-state index is -1.10. The van der Waals surface area contributed by atoms with E-state index < -0.39 is 11.4 Å². The minimum Gasteiger partial charge on any atom is -0.381 e. The van der Waals surface area contributed by atoms with Gasteiger partial charge >= 0.3 is 0 Å². The third-order valence-electron chi connectivity index (χ3n) is 3.03. The Labute approximate surface area is 94.9 Å². The molecular weight excluding hydrogens is 207 g/mol. The molecule has 0 unspecified atom stereocenters. The van der Waals surface area contributed by atoms with Crippen molar-refractivity contribution >= 4 is 0 Å². The molecular formula is C12H17FN2O. The highest BCUT2D eigenvalue weighted by atomic mass is 19.1. The van der Waals surface area contributed by atoms with E-state index in [1.54, 1.807) is 6.20 Å². The number of rotatable bonds is 2. The van der Waals surface area contributed by atoms with Crippen molar-refractivity contribution < 1.29 is 9.50 Å². The number of nitrogens with zero attached hydrogens (tertiary/aromatic N) is 2. The van der Waals surface area contributed by atoms with Crippen LogP contribution in [0.1, 0.15) is 31.0 Å². The van der Waals surface area contributed by atoms with Crippen LogP contribution >= 0.6 is 0 Å². The van der Waals surface area contributed by atoms with Crippen LogP contribution in [-0.2, 0) is 5.60 Å². The lowest BCUT2D eigenvalue weighted by atomic mass is 9.89. The molecule has 1 saturated heterocycles. The molecule has 0 aromatic carbocycles. The predicted molar refractivity (Wildman–Crippen MR) is 59.7 cm³/mol. The highest BCUT2D eigenvalue weighted by Crippen LogP contribution is 2.31. The lowest BCUT2D eigenvalue weighted by Gasteiger charge is -2.43. The maximum atomic E-state index is 13.8. The second-order valence-corrected chi connectivity index (χ2v) is 4.96. The van der Waals surface area contributed by atoms with E-state index in [9.17, 15) is 9.50 Å². The molecule has 1 N–H and O–H groups in total. The fourth-order valence-electron chi connectivity index (χ4n) is 2.11. The molecule has 16 heavy (non-hydrogen) atoms. The van der Waals surface area contributed by atoms with E-state index in [2.05, 4.69) is 4.98 Å². The number of pyridine rings is 1. The number of likely N-dealkylation sites (N-methyl/N-ethyl adjacent to an activating group) is 1. The molecule has 88 valence electrons. The van der Waals surface area contributed by atoms with Gasteiger partial charge in [0, 0.05) is 19.3 Å². The van der Waals surface area contributed by atoms with Gasteiger partial charge in [0.25, 0.3) is 0 Å². The summed E-state index contributed by atoms with van der Waals surface area (Å²) < 4.78 is 13.8. The Kier molecular flexibility index (Phi) is 2.72. The first-order valence-electron chi connectivity index (χ1n) is 5.49. The van der Waals surface area contributed by atoms with Crippen LogP contribution in [0.2, 0.25) is 0 Å². The molecule has 0 atom stereocenters. The Morgan fingerprint density at radius 3 is 2.56 bits per heavy atom. The first-order valence-corrected chi connectivity index (χ1v) is 5.49. The van der Waals surface area contributed by atoms with Crippen LogP contribution in [0.3, 0.4) is 0 Å². The third kappa shape index (κ3) is 1.83. The van der Waals surface area contributed by atoms with Crippen molar-refractivity contribution in [2.45, 2.75) is 25.4 Å². The standard InChI is InChI=1S/C12H17FN2O/c1-8(2)9-4-10(13)11(14-5-9)12(16)6-15(3)7-12/h4-5,8,16H,6-7H2,1-3H3. The van der Waals surface area contributed by atoms with E-state index in [0.717, 1.165) is 5.56 Å². The second kappa shape index (κ2) is 3.79. The molecule has 0 spiro atoms. The van der Waals surface area contributed by atoms with E-state index in [1.807, 2.05) is 25.8 Å². The summed E-state index contributed by atoms with van der Waals surface area (Å²) in [7, 11) is 1.88. The van der Waals surface area contributed by atoms with Crippen LogP contribution in [0.5, 0.6) is 0 Å². The first kappa shape index (κ1) is 11.5. The van der Waals surface area contributed by atoms with Crippen LogP contribution in [0.4, 0.5) is 4.39 Å². The Morgan fingerprint density at radius 2 is 2.12 bits per heavy atom. The van der Waals surface area contributed by atoms with Gasteiger partial charge in [-0.25, -0.2) is 4.39 Å². The zero-order valence-electron chi connectivity index (χ0n) is 9.87. The Balaban J connectivity index is 2.30. The van der Waals surface area contributed by atoms with Gasteiger partial charge in [0.2, 0.25) is 0 Å². The first-order chi connectivity index (χ1) is 7.42. The molecule has 1 aromatic heterocycles. The maximum absolute atomic E-state index is 13.8. The Hall–Kier alpha value is -1.00. The monoisotopic (exact) mass is 224 g/mol. The summed E-state index contributed by atoms with van der Waals surface area (Å²) >= 11 is 0. The van der Waals surface area contributed by atoms with Crippen molar-refractivity contribution in [1.29, 1.82) is 0 Å². The third-order valence-corrected chi connectivity index (χ3v) is 3.03. The maximum Gasteiger partial charge on any atom is 0.148 e. The molecule has 4 heteroatoms. The average Bonchev–Trinajstić information content (AvgIpc) is 2.14. The van der Waals surface area contributed by atoms with Gasteiger partial charge in [0.1, 0.15) is 17.1 Å². The molecule has 0 aliphatic carbocycles. The summed E-state index contributed by atoms with van der Waals surface area (Å²) in [5.41, 5.74) is -0.0681. The van der Waals surface area contributed by atoms with Crippen molar-refractivity contribution in [2.24, 2.45) is 0 Å². The molecule has 1 aromatic rings. The zero-order valence-corrected chi connectivity index (χ0v) is 9.87. The van der Waals surface area contributed by atoms with Crippen LogP contribution in [0.15, 0.2) is 12.3 Å². The smallest absolute Gasteiger partial charge is 0.148 e. The second-order valence-electron chi connectivity index (χ2n) is 4.96. The lowest BCUT2D eigenvalue weighted by molar-refractivity contribution is -0.0972. The summed E-state index contributed by atoms with van der Waals surface area (Å²) in [6, 6.07) is 1.48. The normalized spacial score (nSPS) is 19.9. The van der Waals surface area contributed by atoms with Crippen molar-refractivity contribution in [3.63, 3.8) is 0 Å². The number of aromatic nitrogens is 1. The SMILES string of the molecule is CC(C)c1cnc(C2(O)CN(C)C2)c(F)c1. The van der Waals surface area contributed by atoms with Crippen LogP contribution in [0.25, 0.3) is 0 Å². The Bertz CT molecular complexity index is 400. The van der Waals surface area contributed by atoms with Gasteiger partial charge < -0.3 is 5.11 Å². The number of likely N-dealkylation sites (tertiary alicyclic amines) is 1. The molecule has 0 saturated carbocycles. The fraction of sp³-hybridized carbons (Fsp3) is 0.583. The average molecular weight is 224 g/mol. The van der Waals surface area contributed by atoms with Gasteiger partial charge in [0.15, 0.2) is 0 Å². The predicted octanol–water partition coefficient (Wildman–Crippen LogP) is 1.48. The van der Waals surface area contributed by atoms with Gasteiger partial charge in [-0.05, 0) is 24.6 Å². The molecule has 0 radical (unpaired) electrons. The highest BCUT2D eigenvalue weighted by molar-refractivity contribution is 5.25. The topological polar surface area (TPSA) is 36.4 Å². The summed E-state index contributed by atoms with van der Waals surface area (Å²) in [4.78, 5) is 6.00. The van der Waals surface area contributed by atoms with Crippen molar-refractivity contribution in [1.82, 2.24) is 9.88 Å². The lowest BCUT2D eigenvalue weighted by Crippen LogP contribution is -2.58. The number of hydrogen-bond acceptors (Lipinski definition) is 3. The van der Waals surface area contributed by atoms with Crippen LogP contribution < -0.4 is 0 Å². The quantitative estimate of drug-likeness (QED) is 0.826. The molecule has 3 nitrogen and oxygen atoms in total. The summed E-state index contributed by atoms with van der Waals surface area (Å²) in [5, 5.41) is 10.1. The van der Waals surface area contributed by atoms with Crippen molar-refractivity contribution in [3.05, 3.63) is 29.3 Å². The number of hydrogen-bond donors (Lipinski definition) is 1. The molecule has 0 amide bonds. The largest absolute Gasteiger partial charge is 0.381 e. The van der Waals surface area contributed by atoms with E-state index >= 15 is 0 Å². The van der Waals surface area contributed by atoms with E-state index in [0.29, 0.717) is 13.1 Å². The molecule has 2 rings (SSSR count). The molecule has 1 aliphatic heterocycles. The number of β-amino-alcohol motifs (C(OH)–C–C–N with tert-alkyl or cyclic N) is 1. The zero-order chi connectivity index (χ0) is 11.9. The van der Waals surface area contributed by atoms with E-state index in [-0.39, 0.29) is 11.6 Å². The van der Waals surface area contributed by atoms with Gasteiger partial charge in [-0.1, -0.05) is 13.8 Å². The molecule has 2 heterocycles. The minimum absolute atomic E-state index is 0.176. The molecule has 0 bridgehead atoms. The Morgan fingerprint density at radius 1 is 1.50 bits per heavy atom. The van der Waals surface area contributed by atoms with Gasteiger partial charge in [0.05, 0.1) is 0 Å². The fourth-order valence-corrected chi connectivity index (χ4v) is 2.11. The summed E-state index contributed by atoms with van der Waals surface area (Å²) in [5.74, 6) is -0.156. The summed E-state index contributed by atoms with van der Waals surface area (Å²) in [6.45, 7) is 4.86. The van der Waals surface area contributed by atoms with Crippen LogP contribution in [0, 0.1) is 5.82 Å². The molecule has 1 aliphatic rings. The summed E-state index contributed by atoms with van der Waals surface area (Å²) in [6.07, 6.45) is 1.65. The number of halogens is 1. The highest BCUT2D eigenvalue weighted by Gasteiger charge is 2.43. The van der Waals surface area contributed by atoms with Crippen LogP contribution in [-0.4, -0.2) is 35.1 Å². The van der Waals surface area contributed by atoms with Gasteiger partial charge in [-0.3, -0.25) is 9.88 Å². The van der Waals surface area contributed by atoms with Gasteiger partial charge in [-0.15, -0.1) is 0 Å².